The number of likely N-dealkylation sites (N-methyl/N-ethyl adjacent to an activating group) is 1. The molecule has 4 nitrogen and oxygen atoms in total. The van der Waals surface area contributed by atoms with Crippen molar-refractivity contribution in [2.45, 2.75) is 13.8 Å². The number of thiophene rings is 1. The molecule has 4 aromatic rings. The van der Waals surface area contributed by atoms with E-state index in [0.29, 0.717) is 17.7 Å². The van der Waals surface area contributed by atoms with Crippen LogP contribution in [-0.2, 0) is 0 Å². The van der Waals surface area contributed by atoms with Gasteiger partial charge in [0.1, 0.15) is 18.1 Å². The van der Waals surface area contributed by atoms with E-state index in [4.69, 9.17) is 4.74 Å². The molecular weight excluding hydrogens is 418 g/mol. The zero-order chi connectivity index (χ0) is 22.5. The first-order valence-corrected chi connectivity index (χ1v) is 11.7. The fraction of sp³-hybridized carbons (Fsp3) is 0.222. The lowest BCUT2D eigenvalue weighted by Crippen LogP contribution is -2.27. The molecule has 1 heterocycles. The van der Waals surface area contributed by atoms with Crippen molar-refractivity contribution < 1.29 is 14.6 Å². The Morgan fingerprint density at radius 2 is 1.69 bits per heavy atom. The monoisotopic (exact) mass is 445 g/mol. The second kappa shape index (κ2) is 9.98. The first kappa shape index (κ1) is 22.1. The third-order valence-electron chi connectivity index (χ3n) is 5.62. The molecule has 0 radical (unpaired) electrons. The van der Waals surface area contributed by atoms with Crippen molar-refractivity contribution >= 4 is 27.2 Å². The molecule has 0 aliphatic heterocycles. The Morgan fingerprint density at radius 1 is 0.969 bits per heavy atom. The van der Waals surface area contributed by atoms with Gasteiger partial charge < -0.3 is 14.7 Å². The van der Waals surface area contributed by atoms with E-state index in [-0.39, 0.29) is 11.5 Å². The Hall–Kier alpha value is -3.15. The van der Waals surface area contributed by atoms with Crippen molar-refractivity contribution in [1.29, 1.82) is 0 Å². The quantitative estimate of drug-likeness (QED) is 0.311. The number of phenols is 1. The standard InChI is InChI=1S/C27H27NO3S/c1-3-28(4-2)16-17-31-22-13-10-19(11-14-22)26(30)25-23-15-12-21(29)18-24(23)32-27(25)20-8-6-5-7-9-20/h5-15,18,29H,3-4,16-17H2,1-2H3. The number of aromatic hydroxyl groups is 1. The van der Waals surface area contributed by atoms with Crippen LogP contribution in [0.5, 0.6) is 11.5 Å². The van der Waals surface area contributed by atoms with E-state index in [1.165, 1.54) is 11.3 Å². The lowest BCUT2D eigenvalue weighted by molar-refractivity contribution is 0.104. The number of ketones is 1. The summed E-state index contributed by atoms with van der Waals surface area (Å²) in [6.45, 7) is 7.78. The fourth-order valence-electron chi connectivity index (χ4n) is 3.78. The van der Waals surface area contributed by atoms with Crippen LogP contribution in [0.2, 0.25) is 0 Å². The van der Waals surface area contributed by atoms with Crippen molar-refractivity contribution in [3.8, 4) is 21.9 Å². The van der Waals surface area contributed by atoms with E-state index < -0.39 is 0 Å². The van der Waals surface area contributed by atoms with Crippen LogP contribution in [0.3, 0.4) is 0 Å². The first-order chi connectivity index (χ1) is 15.6. The second-order valence-corrected chi connectivity index (χ2v) is 8.63. The van der Waals surface area contributed by atoms with Crippen LogP contribution in [0, 0.1) is 0 Å². The van der Waals surface area contributed by atoms with Crippen LogP contribution in [0.4, 0.5) is 0 Å². The van der Waals surface area contributed by atoms with Gasteiger partial charge in [-0.3, -0.25) is 4.79 Å². The third kappa shape index (κ3) is 4.69. The largest absolute Gasteiger partial charge is 0.508 e. The molecule has 0 aliphatic rings. The van der Waals surface area contributed by atoms with Gasteiger partial charge in [0.05, 0.1) is 0 Å². The number of fused-ring (bicyclic) bond motifs is 1. The summed E-state index contributed by atoms with van der Waals surface area (Å²) in [6, 6.07) is 22.5. The smallest absolute Gasteiger partial charge is 0.195 e. The van der Waals surface area contributed by atoms with Crippen LogP contribution < -0.4 is 4.74 Å². The van der Waals surface area contributed by atoms with Gasteiger partial charge in [0, 0.05) is 32.6 Å². The van der Waals surface area contributed by atoms with Crippen LogP contribution in [0.1, 0.15) is 29.8 Å². The Labute approximate surface area is 192 Å². The van der Waals surface area contributed by atoms with E-state index in [2.05, 4.69) is 18.7 Å². The zero-order valence-electron chi connectivity index (χ0n) is 18.4. The average Bonchev–Trinajstić information content (AvgIpc) is 3.21. The summed E-state index contributed by atoms with van der Waals surface area (Å²) >= 11 is 1.53. The highest BCUT2D eigenvalue weighted by atomic mass is 32.1. The summed E-state index contributed by atoms with van der Waals surface area (Å²) in [4.78, 5) is 16.8. The summed E-state index contributed by atoms with van der Waals surface area (Å²) in [5.41, 5.74) is 2.28. The second-order valence-electron chi connectivity index (χ2n) is 7.58. The van der Waals surface area contributed by atoms with Crippen LogP contribution in [-0.4, -0.2) is 42.0 Å². The normalized spacial score (nSPS) is 11.2. The highest BCUT2D eigenvalue weighted by Gasteiger charge is 2.21. The minimum atomic E-state index is -0.0320. The predicted octanol–water partition coefficient (Wildman–Crippen LogP) is 6.23. The number of ether oxygens (including phenoxy) is 1. The van der Waals surface area contributed by atoms with Gasteiger partial charge in [-0.2, -0.15) is 0 Å². The van der Waals surface area contributed by atoms with E-state index >= 15 is 0 Å². The topological polar surface area (TPSA) is 49.8 Å². The molecule has 0 saturated heterocycles. The molecule has 0 atom stereocenters. The minimum absolute atomic E-state index is 0.0320. The Morgan fingerprint density at radius 3 is 2.38 bits per heavy atom. The molecule has 3 aromatic carbocycles. The summed E-state index contributed by atoms with van der Waals surface area (Å²) in [5.74, 6) is 0.927. The number of phenolic OH excluding ortho intramolecular Hbond substituents is 1. The van der Waals surface area contributed by atoms with E-state index in [1.54, 1.807) is 12.1 Å². The molecule has 32 heavy (non-hydrogen) atoms. The highest BCUT2D eigenvalue weighted by Crippen LogP contribution is 2.41. The number of benzene rings is 3. The van der Waals surface area contributed by atoms with Crippen LogP contribution >= 0.6 is 11.3 Å². The average molecular weight is 446 g/mol. The van der Waals surface area contributed by atoms with Gasteiger partial charge in [0.15, 0.2) is 5.78 Å². The lowest BCUT2D eigenvalue weighted by Gasteiger charge is -2.18. The van der Waals surface area contributed by atoms with Gasteiger partial charge >= 0.3 is 0 Å². The molecule has 1 N–H and O–H groups in total. The molecule has 1 aromatic heterocycles. The highest BCUT2D eigenvalue weighted by molar-refractivity contribution is 7.22. The zero-order valence-corrected chi connectivity index (χ0v) is 19.2. The maximum atomic E-state index is 13.6. The van der Waals surface area contributed by atoms with E-state index in [0.717, 1.165) is 45.9 Å². The number of carbonyl (C=O) groups is 1. The van der Waals surface area contributed by atoms with Gasteiger partial charge in [-0.05, 0) is 61.1 Å². The Kier molecular flexibility index (Phi) is 6.88. The van der Waals surface area contributed by atoms with Gasteiger partial charge in [-0.1, -0.05) is 44.2 Å². The number of nitrogens with zero attached hydrogens (tertiary/aromatic N) is 1. The molecule has 0 aliphatic carbocycles. The molecule has 164 valence electrons. The number of rotatable bonds is 9. The van der Waals surface area contributed by atoms with E-state index in [9.17, 15) is 9.90 Å². The number of hydrogen-bond acceptors (Lipinski definition) is 5. The van der Waals surface area contributed by atoms with Crippen LogP contribution in [0.25, 0.3) is 20.5 Å². The van der Waals surface area contributed by atoms with E-state index in [1.807, 2.05) is 60.7 Å². The van der Waals surface area contributed by atoms with Crippen molar-refractivity contribution in [3.63, 3.8) is 0 Å². The minimum Gasteiger partial charge on any atom is -0.508 e. The maximum Gasteiger partial charge on any atom is 0.195 e. The summed E-state index contributed by atoms with van der Waals surface area (Å²) < 4.78 is 6.76. The molecule has 0 unspecified atom stereocenters. The molecule has 5 heteroatoms. The molecular formula is C27H27NO3S. The molecule has 0 amide bonds. The van der Waals surface area contributed by atoms with Crippen molar-refractivity contribution in [2.75, 3.05) is 26.2 Å². The van der Waals surface area contributed by atoms with Crippen molar-refractivity contribution in [1.82, 2.24) is 4.90 Å². The molecule has 4 rings (SSSR count). The molecule has 0 spiro atoms. The lowest BCUT2D eigenvalue weighted by atomic mass is 9.97. The van der Waals surface area contributed by atoms with Gasteiger partial charge in [-0.15, -0.1) is 11.3 Å². The van der Waals surface area contributed by atoms with Crippen molar-refractivity contribution in [3.05, 3.63) is 83.9 Å². The Balaban J connectivity index is 1.62. The predicted molar refractivity (Wildman–Crippen MR) is 132 cm³/mol. The van der Waals surface area contributed by atoms with Crippen LogP contribution in [0.15, 0.2) is 72.8 Å². The summed E-state index contributed by atoms with van der Waals surface area (Å²) in [6.07, 6.45) is 0. The molecule has 0 bridgehead atoms. The first-order valence-electron chi connectivity index (χ1n) is 10.9. The van der Waals surface area contributed by atoms with Gasteiger partial charge in [0.2, 0.25) is 0 Å². The summed E-state index contributed by atoms with van der Waals surface area (Å²) in [7, 11) is 0. The number of hydrogen-bond donors (Lipinski definition) is 1. The molecule has 0 saturated carbocycles. The summed E-state index contributed by atoms with van der Waals surface area (Å²) in [5, 5.41) is 10.8. The third-order valence-corrected chi connectivity index (χ3v) is 6.83. The SMILES string of the molecule is CCN(CC)CCOc1ccc(C(=O)c2c(-c3ccccc3)sc3cc(O)ccc23)cc1. The molecule has 0 fully saturated rings. The maximum absolute atomic E-state index is 13.6. The fourth-order valence-corrected chi connectivity index (χ4v) is 5.02. The van der Waals surface area contributed by atoms with Crippen molar-refractivity contribution in [2.24, 2.45) is 0 Å². The van der Waals surface area contributed by atoms with Gasteiger partial charge in [0.25, 0.3) is 0 Å². The number of carbonyl (C=O) groups excluding carboxylic acids is 1. The Bertz CT molecular complexity index is 1200. The van der Waals surface area contributed by atoms with Gasteiger partial charge in [-0.25, -0.2) is 0 Å².